The Labute approximate surface area is 118 Å². The van der Waals surface area contributed by atoms with Gasteiger partial charge in [-0.3, -0.25) is 0 Å². The van der Waals surface area contributed by atoms with Crippen molar-refractivity contribution < 1.29 is 14.6 Å². The summed E-state index contributed by atoms with van der Waals surface area (Å²) in [7, 11) is 0. The first kappa shape index (κ1) is 18.4. The summed E-state index contributed by atoms with van der Waals surface area (Å²) in [5.74, 6) is 0. The van der Waals surface area contributed by atoms with Crippen molar-refractivity contribution in [2.75, 3.05) is 33.0 Å². The van der Waals surface area contributed by atoms with E-state index in [9.17, 15) is 5.11 Å². The van der Waals surface area contributed by atoms with Crippen molar-refractivity contribution in [3.8, 4) is 0 Å². The summed E-state index contributed by atoms with van der Waals surface area (Å²) in [5.41, 5.74) is 2.20. The standard InChI is InChI=1S/C16H30O3/c1-6-16(11-17,12-18-9-7-14(2)3)13-19-10-8-15(4)5/h7-8,17H,6,9-13H2,1-5H3. The van der Waals surface area contributed by atoms with Gasteiger partial charge in [-0.2, -0.15) is 0 Å². The molecule has 0 unspecified atom stereocenters. The van der Waals surface area contributed by atoms with Crippen molar-refractivity contribution in [1.29, 1.82) is 0 Å². The Morgan fingerprint density at radius 2 is 1.37 bits per heavy atom. The monoisotopic (exact) mass is 270 g/mol. The van der Waals surface area contributed by atoms with Crippen molar-refractivity contribution in [1.82, 2.24) is 0 Å². The lowest BCUT2D eigenvalue weighted by molar-refractivity contribution is -0.0426. The van der Waals surface area contributed by atoms with E-state index >= 15 is 0 Å². The molecule has 0 saturated carbocycles. The molecule has 0 amide bonds. The highest BCUT2D eigenvalue weighted by atomic mass is 16.5. The van der Waals surface area contributed by atoms with Gasteiger partial charge in [-0.1, -0.05) is 30.2 Å². The van der Waals surface area contributed by atoms with Crippen LogP contribution in [0.2, 0.25) is 0 Å². The Hall–Kier alpha value is -0.640. The van der Waals surface area contributed by atoms with Gasteiger partial charge in [0.2, 0.25) is 0 Å². The Kier molecular flexibility index (Phi) is 9.84. The van der Waals surface area contributed by atoms with Gasteiger partial charge in [-0.05, 0) is 34.1 Å². The summed E-state index contributed by atoms with van der Waals surface area (Å²) in [6, 6.07) is 0. The number of hydrogen-bond donors (Lipinski definition) is 1. The highest BCUT2D eigenvalue weighted by molar-refractivity contribution is 4.93. The second-order valence-corrected chi connectivity index (χ2v) is 5.60. The van der Waals surface area contributed by atoms with Crippen LogP contribution >= 0.6 is 0 Å². The third-order valence-electron chi connectivity index (χ3n) is 3.12. The summed E-state index contributed by atoms with van der Waals surface area (Å²) < 4.78 is 11.3. The van der Waals surface area contributed by atoms with E-state index in [2.05, 4.69) is 6.92 Å². The maximum Gasteiger partial charge on any atom is 0.0650 e. The topological polar surface area (TPSA) is 38.7 Å². The van der Waals surface area contributed by atoms with Crippen molar-refractivity contribution >= 4 is 0 Å². The summed E-state index contributed by atoms with van der Waals surface area (Å²) in [5, 5.41) is 9.60. The molecule has 0 heterocycles. The normalized spacial score (nSPS) is 11.3. The van der Waals surface area contributed by atoms with Crippen LogP contribution in [0.15, 0.2) is 23.3 Å². The number of aliphatic hydroxyl groups excluding tert-OH is 1. The van der Waals surface area contributed by atoms with Gasteiger partial charge in [0, 0.05) is 5.41 Å². The van der Waals surface area contributed by atoms with Gasteiger partial charge in [-0.15, -0.1) is 0 Å². The minimum atomic E-state index is -0.287. The number of aliphatic hydroxyl groups is 1. The summed E-state index contributed by atoms with van der Waals surface area (Å²) in [6.07, 6.45) is 4.93. The van der Waals surface area contributed by atoms with Crippen LogP contribution in [0.25, 0.3) is 0 Å². The number of ether oxygens (including phenoxy) is 2. The van der Waals surface area contributed by atoms with Gasteiger partial charge >= 0.3 is 0 Å². The van der Waals surface area contributed by atoms with E-state index in [0.29, 0.717) is 26.4 Å². The predicted octanol–water partition coefficient (Wildman–Crippen LogP) is 3.34. The first-order chi connectivity index (χ1) is 8.95. The molecule has 0 bridgehead atoms. The maximum absolute atomic E-state index is 9.60. The van der Waals surface area contributed by atoms with Gasteiger partial charge in [0.25, 0.3) is 0 Å². The van der Waals surface area contributed by atoms with Crippen LogP contribution in [0.4, 0.5) is 0 Å². The smallest absolute Gasteiger partial charge is 0.0650 e. The molecule has 0 spiro atoms. The van der Waals surface area contributed by atoms with E-state index in [1.165, 1.54) is 11.1 Å². The molecule has 0 radical (unpaired) electrons. The zero-order valence-corrected chi connectivity index (χ0v) is 13.2. The quantitative estimate of drug-likeness (QED) is 0.489. The van der Waals surface area contributed by atoms with Gasteiger partial charge in [0.15, 0.2) is 0 Å². The number of allylic oxidation sites excluding steroid dienone is 2. The van der Waals surface area contributed by atoms with Gasteiger partial charge in [0.1, 0.15) is 0 Å². The minimum Gasteiger partial charge on any atom is -0.396 e. The lowest BCUT2D eigenvalue weighted by Gasteiger charge is -2.29. The van der Waals surface area contributed by atoms with Crippen LogP contribution in [0.5, 0.6) is 0 Å². The molecule has 3 heteroatoms. The molecule has 1 N–H and O–H groups in total. The van der Waals surface area contributed by atoms with Crippen molar-refractivity contribution in [2.45, 2.75) is 41.0 Å². The molecule has 0 aromatic rings. The Bertz CT molecular complexity index is 254. The second-order valence-electron chi connectivity index (χ2n) is 5.60. The summed E-state index contributed by atoms with van der Waals surface area (Å²) in [4.78, 5) is 0. The highest BCUT2D eigenvalue weighted by Crippen LogP contribution is 2.22. The van der Waals surface area contributed by atoms with E-state index in [1.807, 2.05) is 39.8 Å². The third-order valence-corrected chi connectivity index (χ3v) is 3.12. The molecule has 0 aromatic heterocycles. The van der Waals surface area contributed by atoms with E-state index in [1.54, 1.807) is 0 Å². The maximum atomic E-state index is 9.60. The van der Waals surface area contributed by atoms with E-state index in [-0.39, 0.29) is 12.0 Å². The molecular formula is C16H30O3. The van der Waals surface area contributed by atoms with E-state index in [4.69, 9.17) is 9.47 Å². The van der Waals surface area contributed by atoms with Crippen LogP contribution in [0.3, 0.4) is 0 Å². The second kappa shape index (κ2) is 10.2. The van der Waals surface area contributed by atoms with Crippen molar-refractivity contribution in [3.05, 3.63) is 23.3 Å². The van der Waals surface area contributed by atoms with Gasteiger partial charge in [-0.25, -0.2) is 0 Å². The fourth-order valence-electron chi connectivity index (χ4n) is 1.45. The number of rotatable bonds is 10. The molecular weight excluding hydrogens is 240 g/mol. The minimum absolute atomic E-state index is 0.0904. The third kappa shape index (κ3) is 8.98. The largest absolute Gasteiger partial charge is 0.396 e. The lowest BCUT2D eigenvalue weighted by Crippen LogP contribution is -2.35. The van der Waals surface area contributed by atoms with E-state index < -0.39 is 0 Å². The Morgan fingerprint density at radius 1 is 0.947 bits per heavy atom. The molecule has 0 atom stereocenters. The molecule has 0 rings (SSSR count). The first-order valence-corrected chi connectivity index (χ1v) is 6.99. The average molecular weight is 270 g/mol. The zero-order valence-electron chi connectivity index (χ0n) is 13.2. The molecule has 0 aliphatic heterocycles. The summed E-state index contributed by atoms with van der Waals surface area (Å²) >= 11 is 0. The molecule has 112 valence electrons. The van der Waals surface area contributed by atoms with Gasteiger partial charge < -0.3 is 14.6 Å². The number of hydrogen-bond acceptors (Lipinski definition) is 3. The van der Waals surface area contributed by atoms with Crippen LogP contribution in [-0.2, 0) is 9.47 Å². The SMILES string of the molecule is CCC(CO)(COCC=C(C)C)COCC=C(C)C. The van der Waals surface area contributed by atoms with Crippen LogP contribution in [0.1, 0.15) is 41.0 Å². The Balaban J connectivity index is 4.18. The molecule has 19 heavy (non-hydrogen) atoms. The van der Waals surface area contributed by atoms with E-state index in [0.717, 1.165) is 6.42 Å². The fourth-order valence-corrected chi connectivity index (χ4v) is 1.45. The molecule has 0 aliphatic carbocycles. The molecule has 0 saturated heterocycles. The average Bonchev–Trinajstić information content (AvgIpc) is 2.37. The van der Waals surface area contributed by atoms with Crippen molar-refractivity contribution in [3.63, 3.8) is 0 Å². The molecule has 0 aromatic carbocycles. The van der Waals surface area contributed by atoms with Crippen LogP contribution in [-0.4, -0.2) is 38.1 Å². The zero-order chi connectivity index (χ0) is 14.7. The Morgan fingerprint density at radius 3 is 1.63 bits per heavy atom. The predicted molar refractivity (Wildman–Crippen MR) is 80.3 cm³/mol. The van der Waals surface area contributed by atoms with Crippen LogP contribution < -0.4 is 0 Å². The summed E-state index contributed by atoms with van der Waals surface area (Å²) in [6.45, 7) is 12.6. The molecule has 0 fully saturated rings. The highest BCUT2D eigenvalue weighted by Gasteiger charge is 2.28. The first-order valence-electron chi connectivity index (χ1n) is 6.99. The van der Waals surface area contributed by atoms with Crippen molar-refractivity contribution in [2.24, 2.45) is 5.41 Å². The lowest BCUT2D eigenvalue weighted by atomic mass is 9.88. The van der Waals surface area contributed by atoms with Gasteiger partial charge in [0.05, 0.1) is 33.0 Å². The molecule has 0 aliphatic rings. The van der Waals surface area contributed by atoms with Crippen LogP contribution in [0, 0.1) is 5.41 Å². The molecule has 3 nitrogen and oxygen atoms in total. The fraction of sp³-hybridized carbons (Fsp3) is 0.750.